The maximum absolute atomic E-state index is 11.8. The van der Waals surface area contributed by atoms with Crippen LogP contribution in [0.15, 0.2) is 36.4 Å². The van der Waals surface area contributed by atoms with Crippen molar-refractivity contribution in [2.24, 2.45) is 0 Å². The number of alkyl halides is 1. The van der Waals surface area contributed by atoms with Crippen molar-refractivity contribution in [2.45, 2.75) is 39.3 Å². The highest BCUT2D eigenvalue weighted by molar-refractivity contribution is 14.1. The molecule has 0 bridgehead atoms. The number of hydrogen-bond donors (Lipinski definition) is 6. The lowest BCUT2D eigenvalue weighted by atomic mass is 10.1. The second-order valence-electron chi connectivity index (χ2n) is 9.11. The zero-order chi connectivity index (χ0) is 29.9. The van der Waals surface area contributed by atoms with Gasteiger partial charge in [0.2, 0.25) is 5.91 Å². The van der Waals surface area contributed by atoms with Crippen LogP contribution in [0.25, 0.3) is 21.9 Å². The van der Waals surface area contributed by atoms with Crippen LogP contribution in [0.2, 0.25) is 0 Å². The minimum absolute atomic E-state index is 0.0718. The molecule has 220 valence electrons. The highest BCUT2D eigenvalue weighted by Gasteiger charge is 2.24. The van der Waals surface area contributed by atoms with Crippen molar-refractivity contribution in [3.63, 3.8) is 0 Å². The Hall–Kier alpha value is -2.78. The summed E-state index contributed by atoms with van der Waals surface area (Å²) in [5, 5.41) is 3.50. The van der Waals surface area contributed by atoms with Gasteiger partial charge in [0.25, 0.3) is 0 Å². The third-order valence-corrected chi connectivity index (χ3v) is 7.59. The number of nitrogen functional groups attached to an aromatic ring is 1. The van der Waals surface area contributed by atoms with Gasteiger partial charge in [-0.25, -0.2) is 19.1 Å². The Kier molecular flexibility index (Phi) is 9.59. The summed E-state index contributed by atoms with van der Waals surface area (Å²) in [5.41, 5.74) is 8.83. The Morgan fingerprint density at radius 2 is 1.80 bits per heavy atom. The van der Waals surface area contributed by atoms with Crippen molar-refractivity contribution in [3.05, 3.63) is 53.3 Å². The van der Waals surface area contributed by atoms with Crippen molar-refractivity contribution in [1.29, 1.82) is 0 Å². The number of nitrogens with zero attached hydrogens (tertiary/aromatic N) is 3. The van der Waals surface area contributed by atoms with E-state index in [-0.39, 0.29) is 41.9 Å². The van der Waals surface area contributed by atoms with E-state index in [1.807, 2.05) is 46.2 Å². The van der Waals surface area contributed by atoms with Gasteiger partial charge in [0.15, 0.2) is 5.82 Å². The summed E-state index contributed by atoms with van der Waals surface area (Å²) < 4.78 is 34.9. The number of phosphoric acid groups is 2. The summed E-state index contributed by atoms with van der Waals surface area (Å²) in [6.45, 7) is 2.23. The van der Waals surface area contributed by atoms with E-state index in [0.29, 0.717) is 38.6 Å². The molecule has 0 saturated carbocycles. The molecule has 0 radical (unpaired) electrons. The summed E-state index contributed by atoms with van der Waals surface area (Å²) in [4.78, 5) is 58.7. The maximum atomic E-state index is 11.8. The normalized spacial score (nSPS) is 12.1. The van der Waals surface area contributed by atoms with Crippen LogP contribution in [0.4, 0.5) is 5.82 Å². The van der Waals surface area contributed by atoms with Crippen LogP contribution >= 0.6 is 38.2 Å². The third-order valence-electron chi connectivity index (χ3n) is 6.01. The fourth-order valence-electron chi connectivity index (χ4n) is 4.32. The Balaban J connectivity index is 1.93. The highest BCUT2D eigenvalue weighted by Crippen LogP contribution is 2.43. The van der Waals surface area contributed by atoms with Crippen molar-refractivity contribution in [3.8, 4) is 11.5 Å². The van der Waals surface area contributed by atoms with Crippen molar-refractivity contribution < 1.29 is 42.5 Å². The standard InChI is InChI=1S/C24H28IN5O9P2/c1-2-3-4-20-29-22-23(17-9-14(12-27-21(31)11-25)5-7-18(17)28-24(22)26)30(20)13-15-10-16(38-40(32,33)34)6-8-19(15)39-41(35,36)37/h5-10H,2-4,11-13H2,1H3,(H2,26,28)(H,27,31)(H2,32,33,34)(H2,35,36,37). The molecule has 0 fully saturated rings. The first kappa shape index (κ1) is 31.2. The largest absolute Gasteiger partial charge is 0.524 e. The number of carbonyl (C=O) groups excluding carboxylic acids is 1. The molecule has 2 aromatic heterocycles. The summed E-state index contributed by atoms with van der Waals surface area (Å²) in [5.74, 6) is 0.224. The number of nitrogens with two attached hydrogens (primary N) is 1. The topological polar surface area (TPSA) is 219 Å². The lowest BCUT2D eigenvalue weighted by Crippen LogP contribution is -2.23. The van der Waals surface area contributed by atoms with Crippen LogP contribution in [-0.2, 0) is 33.4 Å². The Bertz CT molecular complexity index is 1700. The number of fused-ring (bicyclic) bond motifs is 3. The second-order valence-corrected chi connectivity index (χ2v) is 12.2. The molecular weight excluding hydrogens is 691 g/mol. The number of pyridine rings is 1. The zero-order valence-electron chi connectivity index (χ0n) is 21.7. The Labute approximate surface area is 247 Å². The SMILES string of the molecule is CCCCc1nc2c(N)nc3ccc(CNC(=O)CI)cc3c2n1Cc1cc(OP(=O)(O)O)ccc1OP(=O)(O)O. The van der Waals surface area contributed by atoms with Gasteiger partial charge in [0, 0.05) is 23.9 Å². The van der Waals surface area contributed by atoms with E-state index in [1.54, 1.807) is 6.07 Å². The molecule has 41 heavy (non-hydrogen) atoms. The lowest BCUT2D eigenvalue weighted by Gasteiger charge is -2.17. The van der Waals surface area contributed by atoms with E-state index in [1.165, 1.54) is 6.07 Å². The van der Waals surface area contributed by atoms with Crippen molar-refractivity contribution in [1.82, 2.24) is 19.9 Å². The summed E-state index contributed by atoms with van der Waals surface area (Å²) >= 11 is 1.97. The summed E-state index contributed by atoms with van der Waals surface area (Å²) in [6.07, 6.45) is 2.16. The number of phosphoric ester groups is 2. The Morgan fingerprint density at radius 3 is 2.46 bits per heavy atom. The molecule has 0 unspecified atom stereocenters. The predicted molar refractivity (Wildman–Crippen MR) is 160 cm³/mol. The van der Waals surface area contributed by atoms with Crippen LogP contribution in [0.3, 0.4) is 0 Å². The van der Waals surface area contributed by atoms with Gasteiger partial charge in [0.05, 0.1) is 22.0 Å². The van der Waals surface area contributed by atoms with Crippen LogP contribution < -0.4 is 20.1 Å². The minimum atomic E-state index is -4.99. The van der Waals surface area contributed by atoms with E-state index in [2.05, 4.69) is 10.3 Å². The Morgan fingerprint density at radius 1 is 1.07 bits per heavy atom. The van der Waals surface area contributed by atoms with E-state index >= 15 is 0 Å². The first-order valence-corrected chi connectivity index (χ1v) is 16.9. The second kappa shape index (κ2) is 12.6. The van der Waals surface area contributed by atoms with Gasteiger partial charge in [-0.15, -0.1) is 0 Å². The number of imidazole rings is 1. The third kappa shape index (κ3) is 7.95. The predicted octanol–water partition coefficient (Wildman–Crippen LogP) is 3.55. The van der Waals surface area contributed by atoms with Gasteiger partial charge in [-0.3, -0.25) is 24.4 Å². The number of halogens is 1. The molecule has 0 atom stereocenters. The van der Waals surface area contributed by atoms with Crippen LogP contribution in [0.5, 0.6) is 11.5 Å². The van der Waals surface area contributed by atoms with Gasteiger partial charge in [-0.2, -0.15) is 0 Å². The van der Waals surface area contributed by atoms with Gasteiger partial charge < -0.3 is 24.7 Å². The number of unbranched alkanes of at least 4 members (excludes halogenated alkanes) is 1. The number of benzene rings is 2. The molecule has 7 N–H and O–H groups in total. The molecule has 4 rings (SSSR count). The summed E-state index contributed by atoms with van der Waals surface area (Å²) in [7, 11) is -9.92. The number of anilines is 1. The smallest absolute Gasteiger partial charge is 0.404 e. The zero-order valence-corrected chi connectivity index (χ0v) is 25.7. The van der Waals surface area contributed by atoms with Gasteiger partial charge in [-0.1, -0.05) is 42.0 Å². The summed E-state index contributed by atoms with van der Waals surface area (Å²) in [6, 6.07) is 8.98. The van der Waals surface area contributed by atoms with E-state index in [0.717, 1.165) is 30.5 Å². The molecule has 4 aromatic rings. The molecule has 2 aromatic carbocycles. The number of carbonyl (C=O) groups is 1. The molecule has 14 nitrogen and oxygen atoms in total. The average Bonchev–Trinajstić information content (AvgIpc) is 3.25. The first-order valence-electron chi connectivity index (χ1n) is 12.3. The molecule has 2 heterocycles. The lowest BCUT2D eigenvalue weighted by molar-refractivity contribution is -0.118. The molecular formula is C24H28IN5O9P2. The van der Waals surface area contributed by atoms with Gasteiger partial charge in [-0.05, 0) is 42.3 Å². The monoisotopic (exact) mass is 719 g/mol. The fourth-order valence-corrected chi connectivity index (χ4v) is 5.41. The number of hydrogen-bond acceptors (Lipinski definition) is 8. The number of aryl methyl sites for hydroxylation is 1. The number of amides is 1. The molecule has 0 aliphatic rings. The highest BCUT2D eigenvalue weighted by atomic mass is 127. The van der Waals surface area contributed by atoms with E-state index in [9.17, 15) is 33.5 Å². The van der Waals surface area contributed by atoms with Crippen molar-refractivity contribution >= 4 is 71.9 Å². The molecule has 1 amide bonds. The van der Waals surface area contributed by atoms with E-state index in [4.69, 9.17) is 19.8 Å². The van der Waals surface area contributed by atoms with Crippen LogP contribution in [-0.4, -0.2) is 44.4 Å². The quantitative estimate of drug-likeness (QED) is 0.0704. The first-order chi connectivity index (χ1) is 19.3. The molecule has 0 saturated heterocycles. The average molecular weight is 719 g/mol. The molecule has 0 aliphatic heterocycles. The minimum Gasteiger partial charge on any atom is -0.404 e. The molecule has 0 spiro atoms. The van der Waals surface area contributed by atoms with Crippen LogP contribution in [0.1, 0.15) is 36.7 Å². The van der Waals surface area contributed by atoms with Gasteiger partial charge >= 0.3 is 15.6 Å². The number of nitrogens with one attached hydrogen (secondary N) is 1. The molecule has 17 heteroatoms. The molecule has 0 aliphatic carbocycles. The fraction of sp³-hybridized carbons (Fsp3) is 0.292. The number of rotatable bonds is 12. The van der Waals surface area contributed by atoms with Crippen molar-refractivity contribution in [2.75, 3.05) is 10.2 Å². The van der Waals surface area contributed by atoms with E-state index < -0.39 is 15.6 Å². The maximum Gasteiger partial charge on any atom is 0.524 e. The van der Waals surface area contributed by atoms with Gasteiger partial charge in [0.1, 0.15) is 22.8 Å². The number of aromatic nitrogens is 3. The van der Waals surface area contributed by atoms with Crippen LogP contribution in [0, 0.1) is 0 Å².